The van der Waals surface area contributed by atoms with Crippen LogP contribution in [0.15, 0.2) is 18.5 Å². The Morgan fingerprint density at radius 2 is 2.32 bits per heavy atom. The van der Waals surface area contributed by atoms with Gasteiger partial charge in [0, 0.05) is 25.4 Å². The number of pyridine rings is 1. The SMILES string of the molecule is CCCCOC(=O)[C@]1(NC(=O)c2cncc(N)c2)CCOC1. The summed E-state index contributed by atoms with van der Waals surface area (Å²) in [5.74, 6) is -0.874. The Morgan fingerprint density at radius 3 is 2.95 bits per heavy atom. The van der Waals surface area contributed by atoms with Gasteiger partial charge in [-0.25, -0.2) is 4.79 Å². The van der Waals surface area contributed by atoms with Gasteiger partial charge in [-0.1, -0.05) is 13.3 Å². The summed E-state index contributed by atoms with van der Waals surface area (Å²) in [6.07, 6.45) is 4.95. The van der Waals surface area contributed by atoms with E-state index in [1.54, 1.807) is 0 Å². The Kier molecular flexibility index (Phi) is 5.32. The molecule has 1 aromatic rings. The first-order chi connectivity index (χ1) is 10.6. The van der Waals surface area contributed by atoms with Crippen LogP contribution in [0.3, 0.4) is 0 Å². The highest BCUT2D eigenvalue weighted by Gasteiger charge is 2.45. The number of carbonyl (C=O) groups is 2. The molecule has 0 radical (unpaired) electrons. The highest BCUT2D eigenvalue weighted by Crippen LogP contribution is 2.21. The van der Waals surface area contributed by atoms with Gasteiger partial charge in [0.15, 0.2) is 5.54 Å². The number of aromatic nitrogens is 1. The van der Waals surface area contributed by atoms with E-state index < -0.39 is 17.4 Å². The molecule has 1 aromatic heterocycles. The van der Waals surface area contributed by atoms with Gasteiger partial charge in [-0.15, -0.1) is 0 Å². The third-order valence-corrected chi connectivity index (χ3v) is 3.52. The summed E-state index contributed by atoms with van der Waals surface area (Å²) in [7, 11) is 0. The molecule has 1 fully saturated rings. The fourth-order valence-electron chi connectivity index (χ4n) is 2.19. The molecule has 1 aliphatic rings. The molecule has 0 spiro atoms. The molecular weight excluding hydrogens is 286 g/mol. The minimum atomic E-state index is -1.13. The first kappa shape index (κ1) is 16.2. The lowest BCUT2D eigenvalue weighted by atomic mass is 9.98. The van der Waals surface area contributed by atoms with Gasteiger partial charge in [0.05, 0.1) is 24.5 Å². The number of ether oxygens (including phenoxy) is 2. The maximum atomic E-state index is 12.3. The zero-order chi connectivity index (χ0) is 16.0. The normalized spacial score (nSPS) is 20.6. The highest BCUT2D eigenvalue weighted by atomic mass is 16.5. The summed E-state index contributed by atoms with van der Waals surface area (Å²) in [4.78, 5) is 28.5. The number of hydrogen-bond donors (Lipinski definition) is 2. The van der Waals surface area contributed by atoms with Crippen LogP contribution in [-0.4, -0.2) is 42.2 Å². The van der Waals surface area contributed by atoms with Crippen molar-refractivity contribution in [2.24, 2.45) is 0 Å². The van der Waals surface area contributed by atoms with Crippen molar-refractivity contribution in [3.8, 4) is 0 Å². The van der Waals surface area contributed by atoms with Crippen molar-refractivity contribution in [2.75, 3.05) is 25.6 Å². The first-order valence-electron chi connectivity index (χ1n) is 7.35. The predicted octanol–water partition coefficient (Wildman–Crippen LogP) is 0.896. The molecule has 7 heteroatoms. The van der Waals surface area contributed by atoms with Crippen LogP contribution >= 0.6 is 0 Å². The number of nitrogen functional groups attached to an aromatic ring is 1. The van der Waals surface area contributed by atoms with Crippen LogP contribution in [0.5, 0.6) is 0 Å². The molecule has 1 aliphatic heterocycles. The standard InChI is InChI=1S/C15H21N3O4/c1-2-3-5-22-14(20)15(4-6-21-10-15)18-13(19)11-7-12(16)9-17-8-11/h7-9H,2-6,10,16H2,1H3,(H,18,19)/t15-/m0/s1. The molecule has 1 saturated heterocycles. The number of esters is 1. The quantitative estimate of drug-likeness (QED) is 0.597. The average molecular weight is 307 g/mol. The summed E-state index contributed by atoms with van der Waals surface area (Å²) in [5.41, 5.74) is 5.17. The molecule has 0 aromatic carbocycles. The smallest absolute Gasteiger partial charge is 0.334 e. The van der Waals surface area contributed by atoms with Crippen LogP contribution in [0.4, 0.5) is 5.69 Å². The van der Waals surface area contributed by atoms with Crippen LogP contribution < -0.4 is 11.1 Å². The molecule has 7 nitrogen and oxygen atoms in total. The number of amides is 1. The van der Waals surface area contributed by atoms with E-state index in [1.165, 1.54) is 18.5 Å². The van der Waals surface area contributed by atoms with Gasteiger partial charge >= 0.3 is 5.97 Å². The summed E-state index contributed by atoms with van der Waals surface area (Å²) < 4.78 is 10.5. The van der Waals surface area contributed by atoms with E-state index in [0.29, 0.717) is 30.9 Å². The van der Waals surface area contributed by atoms with Crippen molar-refractivity contribution in [1.82, 2.24) is 10.3 Å². The molecule has 2 rings (SSSR count). The van der Waals surface area contributed by atoms with Gasteiger partial charge < -0.3 is 20.5 Å². The van der Waals surface area contributed by atoms with E-state index in [-0.39, 0.29) is 6.61 Å². The second-order valence-corrected chi connectivity index (χ2v) is 5.34. The van der Waals surface area contributed by atoms with Crippen LogP contribution in [0.2, 0.25) is 0 Å². The third-order valence-electron chi connectivity index (χ3n) is 3.52. The van der Waals surface area contributed by atoms with E-state index in [9.17, 15) is 9.59 Å². The first-order valence-corrected chi connectivity index (χ1v) is 7.35. The summed E-state index contributed by atoms with van der Waals surface area (Å²) in [6, 6.07) is 1.51. The fourth-order valence-corrected chi connectivity index (χ4v) is 2.19. The van der Waals surface area contributed by atoms with Crippen molar-refractivity contribution in [3.05, 3.63) is 24.0 Å². The van der Waals surface area contributed by atoms with Gasteiger partial charge in [0.1, 0.15) is 0 Å². The van der Waals surface area contributed by atoms with Crippen molar-refractivity contribution in [1.29, 1.82) is 0 Å². The van der Waals surface area contributed by atoms with Crippen LogP contribution in [-0.2, 0) is 14.3 Å². The number of hydrogen-bond acceptors (Lipinski definition) is 6. The van der Waals surface area contributed by atoms with Crippen molar-refractivity contribution in [3.63, 3.8) is 0 Å². The monoisotopic (exact) mass is 307 g/mol. The Bertz CT molecular complexity index is 541. The lowest BCUT2D eigenvalue weighted by Gasteiger charge is -2.26. The number of carbonyl (C=O) groups excluding carboxylic acids is 2. The molecule has 0 unspecified atom stereocenters. The van der Waals surface area contributed by atoms with E-state index in [2.05, 4.69) is 10.3 Å². The van der Waals surface area contributed by atoms with E-state index in [4.69, 9.17) is 15.2 Å². The minimum Gasteiger partial charge on any atom is -0.464 e. The molecule has 0 bridgehead atoms. The van der Waals surface area contributed by atoms with E-state index in [1.807, 2.05) is 6.92 Å². The number of anilines is 1. The molecule has 2 heterocycles. The Morgan fingerprint density at radius 1 is 1.50 bits per heavy atom. The number of nitrogens with two attached hydrogens (primary N) is 1. The van der Waals surface area contributed by atoms with Gasteiger partial charge in [0.2, 0.25) is 0 Å². The largest absolute Gasteiger partial charge is 0.464 e. The molecule has 0 saturated carbocycles. The molecule has 0 aliphatic carbocycles. The van der Waals surface area contributed by atoms with Crippen LogP contribution in [0.25, 0.3) is 0 Å². The van der Waals surface area contributed by atoms with Crippen LogP contribution in [0.1, 0.15) is 36.5 Å². The Balaban J connectivity index is 2.07. The minimum absolute atomic E-state index is 0.111. The predicted molar refractivity (Wildman–Crippen MR) is 80.1 cm³/mol. The summed E-state index contributed by atoms with van der Waals surface area (Å²) in [6.45, 7) is 2.86. The fraction of sp³-hybridized carbons (Fsp3) is 0.533. The van der Waals surface area contributed by atoms with Gasteiger partial charge in [-0.05, 0) is 12.5 Å². The second kappa shape index (κ2) is 7.22. The zero-order valence-electron chi connectivity index (χ0n) is 12.6. The van der Waals surface area contributed by atoms with Crippen molar-refractivity contribution >= 4 is 17.6 Å². The lowest BCUT2D eigenvalue weighted by Crippen LogP contribution is -2.56. The summed E-state index contributed by atoms with van der Waals surface area (Å²) in [5, 5.41) is 2.73. The van der Waals surface area contributed by atoms with Gasteiger partial charge in [0.25, 0.3) is 5.91 Å². The highest BCUT2D eigenvalue weighted by molar-refractivity contribution is 5.98. The molecular formula is C15H21N3O4. The Labute approximate surface area is 129 Å². The molecule has 3 N–H and O–H groups in total. The van der Waals surface area contributed by atoms with Crippen molar-refractivity contribution < 1.29 is 19.1 Å². The van der Waals surface area contributed by atoms with Crippen LogP contribution in [0, 0.1) is 0 Å². The second-order valence-electron chi connectivity index (χ2n) is 5.34. The van der Waals surface area contributed by atoms with Crippen molar-refractivity contribution in [2.45, 2.75) is 31.7 Å². The topological polar surface area (TPSA) is 104 Å². The van der Waals surface area contributed by atoms with E-state index >= 15 is 0 Å². The molecule has 22 heavy (non-hydrogen) atoms. The number of nitrogens with one attached hydrogen (secondary N) is 1. The van der Waals surface area contributed by atoms with Gasteiger partial charge in [-0.3, -0.25) is 9.78 Å². The zero-order valence-corrected chi connectivity index (χ0v) is 12.6. The van der Waals surface area contributed by atoms with E-state index in [0.717, 1.165) is 12.8 Å². The molecule has 120 valence electrons. The molecule has 1 atom stereocenters. The third kappa shape index (κ3) is 3.73. The average Bonchev–Trinajstić information content (AvgIpc) is 2.97. The molecule has 1 amide bonds. The lowest BCUT2D eigenvalue weighted by molar-refractivity contribution is -0.151. The summed E-state index contributed by atoms with van der Waals surface area (Å²) >= 11 is 0. The maximum Gasteiger partial charge on any atom is 0.334 e. The van der Waals surface area contributed by atoms with Gasteiger partial charge in [-0.2, -0.15) is 0 Å². The number of nitrogens with zero attached hydrogens (tertiary/aromatic N) is 1. The Hall–Kier alpha value is -2.15. The number of rotatable bonds is 6. The number of unbranched alkanes of at least 4 members (excludes halogenated alkanes) is 1. The maximum absolute atomic E-state index is 12.3.